The van der Waals surface area contributed by atoms with Crippen LogP contribution in [0.15, 0.2) is 18.2 Å². The Morgan fingerprint density at radius 3 is 2.64 bits per heavy atom. The van der Waals surface area contributed by atoms with Crippen molar-refractivity contribution in [3.63, 3.8) is 0 Å². The zero-order chi connectivity index (χ0) is 18.4. The topological polar surface area (TPSA) is 53.6 Å². The van der Waals surface area contributed by atoms with Gasteiger partial charge >= 0.3 is 6.18 Å². The molecule has 1 unspecified atom stereocenters. The van der Waals surface area contributed by atoms with E-state index in [1.807, 2.05) is 13.0 Å². The highest BCUT2D eigenvalue weighted by atomic mass is 19.4. The van der Waals surface area contributed by atoms with Crippen molar-refractivity contribution in [2.24, 2.45) is 0 Å². The second-order valence-electron chi connectivity index (χ2n) is 6.14. The zero-order valence-corrected chi connectivity index (χ0v) is 14.4. The normalized spacial score (nSPS) is 17.2. The van der Waals surface area contributed by atoms with Crippen molar-refractivity contribution in [3.8, 4) is 5.75 Å². The Labute approximate surface area is 145 Å². The minimum atomic E-state index is -4.38. The molecule has 1 fully saturated rings. The summed E-state index contributed by atoms with van der Waals surface area (Å²) >= 11 is 0. The monoisotopic (exact) mass is 359 g/mol. The molecule has 0 bridgehead atoms. The fourth-order valence-electron chi connectivity index (χ4n) is 2.94. The maximum Gasteiger partial charge on any atom is 0.405 e. The van der Waals surface area contributed by atoms with Crippen molar-refractivity contribution in [1.29, 1.82) is 0 Å². The lowest BCUT2D eigenvalue weighted by atomic mass is 10.1. The zero-order valence-electron chi connectivity index (χ0n) is 14.4. The van der Waals surface area contributed by atoms with Gasteiger partial charge in [-0.2, -0.15) is 13.2 Å². The molecular formula is C17H24F3N3O2. The van der Waals surface area contributed by atoms with Crippen molar-refractivity contribution in [2.45, 2.75) is 25.6 Å². The van der Waals surface area contributed by atoms with E-state index in [0.29, 0.717) is 37.5 Å². The Bertz CT molecular complexity index is 587. The summed E-state index contributed by atoms with van der Waals surface area (Å²) in [6.07, 6.45) is -4.40. The number of ether oxygens (including phenoxy) is 1. The number of amides is 1. The molecule has 1 aromatic rings. The second kappa shape index (κ2) is 8.53. The number of halogens is 3. The average Bonchev–Trinajstić information content (AvgIpc) is 2.55. The molecule has 0 saturated carbocycles. The number of nitrogens with one attached hydrogen (secondary N) is 2. The lowest BCUT2D eigenvalue weighted by Crippen LogP contribution is -2.57. The Balaban J connectivity index is 1.98. The molecule has 8 heteroatoms. The number of hydrogen-bond acceptors (Lipinski definition) is 4. The van der Waals surface area contributed by atoms with Crippen LogP contribution in [0.2, 0.25) is 0 Å². The lowest BCUT2D eigenvalue weighted by molar-refractivity contribution is -0.184. The first-order valence-corrected chi connectivity index (χ1v) is 8.23. The fourth-order valence-corrected chi connectivity index (χ4v) is 2.94. The molecule has 140 valence electrons. The minimum absolute atomic E-state index is 0.0169. The van der Waals surface area contributed by atoms with Gasteiger partial charge in [0.15, 0.2) is 0 Å². The van der Waals surface area contributed by atoms with Gasteiger partial charge in [0.1, 0.15) is 11.8 Å². The third-order valence-corrected chi connectivity index (χ3v) is 4.25. The molecule has 0 aliphatic carbocycles. The van der Waals surface area contributed by atoms with Crippen molar-refractivity contribution in [3.05, 3.63) is 29.3 Å². The number of aryl methyl sites for hydroxylation is 1. The number of piperazine rings is 1. The van der Waals surface area contributed by atoms with Crippen LogP contribution in [0.1, 0.15) is 11.1 Å². The maximum absolute atomic E-state index is 13.3. The van der Waals surface area contributed by atoms with Gasteiger partial charge in [0.2, 0.25) is 5.91 Å². The first kappa shape index (κ1) is 19.5. The van der Waals surface area contributed by atoms with E-state index in [1.165, 1.54) is 12.0 Å². The van der Waals surface area contributed by atoms with Crippen molar-refractivity contribution in [1.82, 2.24) is 15.5 Å². The average molecular weight is 359 g/mol. The molecule has 1 amide bonds. The first-order chi connectivity index (χ1) is 11.8. The van der Waals surface area contributed by atoms with E-state index < -0.39 is 24.7 Å². The summed E-state index contributed by atoms with van der Waals surface area (Å²) in [5, 5.41) is 5.46. The van der Waals surface area contributed by atoms with Crippen LogP contribution in [0.5, 0.6) is 5.75 Å². The van der Waals surface area contributed by atoms with Crippen molar-refractivity contribution < 1.29 is 22.7 Å². The van der Waals surface area contributed by atoms with E-state index in [-0.39, 0.29) is 6.42 Å². The molecule has 1 aliphatic rings. The van der Waals surface area contributed by atoms with Gasteiger partial charge in [-0.1, -0.05) is 17.7 Å². The molecule has 1 atom stereocenters. The molecule has 5 nitrogen and oxygen atoms in total. The predicted molar refractivity (Wildman–Crippen MR) is 88.7 cm³/mol. The second-order valence-corrected chi connectivity index (χ2v) is 6.14. The summed E-state index contributed by atoms with van der Waals surface area (Å²) < 4.78 is 45.2. The van der Waals surface area contributed by atoms with Crippen molar-refractivity contribution in [2.75, 3.05) is 39.8 Å². The molecule has 2 N–H and O–H groups in total. The summed E-state index contributed by atoms with van der Waals surface area (Å²) in [6.45, 7) is 3.08. The quantitative estimate of drug-likeness (QED) is 0.808. The first-order valence-electron chi connectivity index (χ1n) is 8.23. The largest absolute Gasteiger partial charge is 0.496 e. The summed E-state index contributed by atoms with van der Waals surface area (Å²) in [5.41, 5.74) is 1.61. The van der Waals surface area contributed by atoms with Crippen LogP contribution in [-0.4, -0.2) is 62.9 Å². The van der Waals surface area contributed by atoms with Crippen LogP contribution in [0.3, 0.4) is 0 Å². The Morgan fingerprint density at radius 1 is 1.36 bits per heavy atom. The van der Waals surface area contributed by atoms with E-state index in [2.05, 4.69) is 10.6 Å². The molecule has 1 aliphatic heterocycles. The summed E-state index contributed by atoms with van der Waals surface area (Å²) in [5.74, 6) is 0.100. The summed E-state index contributed by atoms with van der Waals surface area (Å²) in [4.78, 5) is 13.5. The molecule has 1 heterocycles. The number of hydrogen-bond donors (Lipinski definition) is 2. The van der Waals surface area contributed by atoms with Crippen LogP contribution in [0.4, 0.5) is 13.2 Å². The molecule has 2 rings (SSSR count). The molecule has 0 aromatic heterocycles. The van der Waals surface area contributed by atoms with Gasteiger partial charge in [-0.25, -0.2) is 0 Å². The number of alkyl halides is 3. The van der Waals surface area contributed by atoms with Gasteiger partial charge in [0, 0.05) is 38.3 Å². The smallest absolute Gasteiger partial charge is 0.405 e. The van der Waals surface area contributed by atoms with E-state index >= 15 is 0 Å². The highest BCUT2D eigenvalue weighted by molar-refractivity contribution is 5.79. The van der Waals surface area contributed by atoms with Gasteiger partial charge in [0.25, 0.3) is 0 Å². The van der Waals surface area contributed by atoms with Gasteiger partial charge in [-0.3, -0.25) is 9.69 Å². The minimum Gasteiger partial charge on any atom is -0.496 e. The Kier molecular flexibility index (Phi) is 6.66. The number of nitrogens with zero attached hydrogens (tertiary/aromatic N) is 1. The predicted octanol–water partition coefficient (Wildman–Crippen LogP) is 1.50. The molecule has 0 spiro atoms. The van der Waals surface area contributed by atoms with E-state index in [9.17, 15) is 18.0 Å². The highest BCUT2D eigenvalue weighted by Crippen LogP contribution is 2.25. The van der Waals surface area contributed by atoms with E-state index in [0.717, 1.165) is 5.56 Å². The van der Waals surface area contributed by atoms with Crippen LogP contribution in [-0.2, 0) is 11.2 Å². The van der Waals surface area contributed by atoms with Crippen molar-refractivity contribution >= 4 is 5.91 Å². The van der Waals surface area contributed by atoms with Crippen LogP contribution >= 0.6 is 0 Å². The number of carbonyl (C=O) groups is 1. The van der Waals surface area contributed by atoms with Gasteiger partial charge in [0.05, 0.1) is 13.5 Å². The number of methoxy groups -OCH3 is 1. The Hall–Kier alpha value is -1.80. The third-order valence-electron chi connectivity index (χ3n) is 4.25. The van der Waals surface area contributed by atoms with Gasteiger partial charge in [-0.15, -0.1) is 0 Å². The molecule has 1 saturated heterocycles. The Morgan fingerprint density at radius 2 is 2.04 bits per heavy atom. The van der Waals surface area contributed by atoms with Gasteiger partial charge in [-0.05, 0) is 13.0 Å². The molecular weight excluding hydrogens is 335 g/mol. The number of carbonyl (C=O) groups excluding carboxylic acids is 1. The SMILES string of the molecule is COc1ccc(C)cc1CC(=O)NCC(N1CCNCC1)C(F)(F)F. The van der Waals surface area contributed by atoms with Gasteiger partial charge < -0.3 is 15.4 Å². The lowest BCUT2D eigenvalue weighted by Gasteiger charge is -2.35. The fraction of sp³-hybridized carbons (Fsp3) is 0.588. The van der Waals surface area contributed by atoms with E-state index in [1.54, 1.807) is 12.1 Å². The van der Waals surface area contributed by atoms with E-state index in [4.69, 9.17) is 4.74 Å². The maximum atomic E-state index is 13.3. The number of rotatable bonds is 6. The molecule has 0 radical (unpaired) electrons. The number of benzene rings is 1. The van der Waals surface area contributed by atoms with Crippen LogP contribution in [0, 0.1) is 6.92 Å². The standard InChI is InChI=1S/C17H24F3N3O2/c1-12-3-4-14(25-2)13(9-12)10-16(24)22-11-15(17(18,19)20)23-7-5-21-6-8-23/h3-4,9,15,21H,5-8,10-11H2,1-2H3,(H,22,24). The highest BCUT2D eigenvalue weighted by Gasteiger charge is 2.43. The van der Waals surface area contributed by atoms with Crippen LogP contribution in [0.25, 0.3) is 0 Å². The third kappa shape index (κ3) is 5.61. The van der Waals surface area contributed by atoms with Crippen LogP contribution < -0.4 is 15.4 Å². The molecule has 1 aromatic carbocycles. The summed E-state index contributed by atoms with van der Waals surface area (Å²) in [7, 11) is 1.50. The molecule has 25 heavy (non-hydrogen) atoms. The summed E-state index contributed by atoms with van der Waals surface area (Å²) in [6, 6.07) is 3.73.